The van der Waals surface area contributed by atoms with Gasteiger partial charge in [-0.3, -0.25) is 9.69 Å². The van der Waals surface area contributed by atoms with Crippen LogP contribution in [0.25, 0.3) is 5.69 Å². The smallest absolute Gasteiger partial charge is 0.325 e. The highest BCUT2D eigenvalue weighted by Gasteiger charge is 2.50. The number of imidazole rings is 1. The Hall–Kier alpha value is -3.82. The van der Waals surface area contributed by atoms with Crippen molar-refractivity contribution in [1.29, 1.82) is 0 Å². The molecule has 10 heteroatoms. The summed E-state index contributed by atoms with van der Waals surface area (Å²) in [5.41, 5.74) is 1.37. The molecule has 1 saturated carbocycles. The number of alkyl halides is 3. The number of urea groups is 1. The Kier molecular flexibility index (Phi) is 6.43. The first-order valence-electron chi connectivity index (χ1n) is 12.3. The number of anilines is 2. The molecule has 1 N–H and O–H groups in total. The van der Waals surface area contributed by atoms with Crippen LogP contribution in [0.3, 0.4) is 0 Å². The minimum atomic E-state index is -4.51. The number of rotatable bonds is 5. The van der Waals surface area contributed by atoms with Crippen LogP contribution in [0.2, 0.25) is 0 Å². The fraction of sp³-hybridized carbons (Fsp3) is 0.370. The number of hydrogen-bond acceptors (Lipinski definition) is 3. The van der Waals surface area contributed by atoms with E-state index in [4.69, 9.17) is 0 Å². The van der Waals surface area contributed by atoms with Gasteiger partial charge in [-0.15, -0.1) is 0 Å². The molecule has 0 unspecified atom stereocenters. The predicted octanol–water partition coefficient (Wildman–Crippen LogP) is 5.78. The maximum absolute atomic E-state index is 13.6. The van der Waals surface area contributed by atoms with Crippen molar-refractivity contribution in [3.8, 4) is 5.69 Å². The number of nitrogens with one attached hydrogen (secondary N) is 1. The first-order valence-corrected chi connectivity index (χ1v) is 12.3. The lowest BCUT2D eigenvalue weighted by Gasteiger charge is -2.39. The SMILES string of the molecule is Cc1cncn1-c1ccc(N2CC3(CCCCC3)N(CC(=O)Nc3cccc(C(F)(F)F)c3)C2=O)cc1. The summed E-state index contributed by atoms with van der Waals surface area (Å²) >= 11 is 0. The van der Waals surface area contributed by atoms with Gasteiger partial charge in [-0.25, -0.2) is 9.78 Å². The van der Waals surface area contributed by atoms with E-state index < -0.39 is 23.2 Å². The van der Waals surface area contributed by atoms with E-state index in [9.17, 15) is 22.8 Å². The molecule has 2 aliphatic rings. The molecule has 1 aliphatic carbocycles. The molecule has 1 aromatic heterocycles. The fourth-order valence-corrected chi connectivity index (χ4v) is 5.41. The van der Waals surface area contributed by atoms with Gasteiger partial charge >= 0.3 is 12.2 Å². The Morgan fingerprint density at radius 2 is 1.76 bits per heavy atom. The molecule has 2 fully saturated rings. The maximum atomic E-state index is 13.6. The third-order valence-electron chi connectivity index (χ3n) is 7.31. The summed E-state index contributed by atoms with van der Waals surface area (Å²) in [6, 6.07) is 11.9. The molecule has 1 saturated heterocycles. The Balaban J connectivity index is 1.36. The second kappa shape index (κ2) is 9.57. The highest BCUT2D eigenvalue weighted by molar-refractivity contribution is 6.00. The maximum Gasteiger partial charge on any atom is 0.416 e. The van der Waals surface area contributed by atoms with Crippen molar-refractivity contribution in [3.63, 3.8) is 0 Å². The number of halogens is 3. The van der Waals surface area contributed by atoms with Crippen LogP contribution in [-0.2, 0) is 11.0 Å². The third-order valence-corrected chi connectivity index (χ3v) is 7.31. The average Bonchev–Trinajstić information content (AvgIpc) is 3.41. The average molecular weight is 512 g/mol. The van der Waals surface area contributed by atoms with Crippen LogP contribution in [0, 0.1) is 6.92 Å². The lowest BCUT2D eigenvalue weighted by atomic mass is 9.81. The molecule has 0 radical (unpaired) electrons. The van der Waals surface area contributed by atoms with Gasteiger partial charge in [-0.2, -0.15) is 13.2 Å². The highest BCUT2D eigenvalue weighted by Crippen LogP contribution is 2.41. The van der Waals surface area contributed by atoms with E-state index in [-0.39, 0.29) is 18.3 Å². The lowest BCUT2D eigenvalue weighted by Crippen LogP contribution is -2.51. The minimum Gasteiger partial charge on any atom is -0.325 e. The normalized spacial score (nSPS) is 17.5. The number of aromatic nitrogens is 2. The molecule has 37 heavy (non-hydrogen) atoms. The number of carbonyl (C=O) groups is 2. The number of nitrogens with zero attached hydrogens (tertiary/aromatic N) is 4. The molecule has 3 amide bonds. The van der Waals surface area contributed by atoms with Gasteiger partial charge in [0.05, 0.1) is 24.0 Å². The Morgan fingerprint density at radius 1 is 1.05 bits per heavy atom. The van der Waals surface area contributed by atoms with Crippen LogP contribution < -0.4 is 10.2 Å². The van der Waals surface area contributed by atoms with Crippen molar-refractivity contribution in [3.05, 3.63) is 72.3 Å². The zero-order chi connectivity index (χ0) is 26.2. The van der Waals surface area contributed by atoms with Crippen LogP contribution in [0.15, 0.2) is 61.1 Å². The van der Waals surface area contributed by atoms with Gasteiger partial charge in [0.15, 0.2) is 0 Å². The third kappa shape index (κ3) is 4.92. The summed E-state index contributed by atoms with van der Waals surface area (Å²) in [5, 5.41) is 2.55. The number of benzene rings is 2. The Morgan fingerprint density at radius 3 is 2.41 bits per heavy atom. The van der Waals surface area contributed by atoms with Crippen LogP contribution in [0.5, 0.6) is 0 Å². The first-order chi connectivity index (χ1) is 17.7. The summed E-state index contributed by atoms with van der Waals surface area (Å²) in [7, 11) is 0. The van der Waals surface area contributed by atoms with E-state index in [0.717, 1.165) is 61.3 Å². The van der Waals surface area contributed by atoms with E-state index in [1.807, 2.05) is 35.8 Å². The predicted molar refractivity (Wildman–Crippen MR) is 134 cm³/mol. The quantitative estimate of drug-likeness (QED) is 0.472. The van der Waals surface area contributed by atoms with Gasteiger partial charge in [0, 0.05) is 29.0 Å². The Labute approximate surface area is 212 Å². The first kappa shape index (κ1) is 24.9. The molecule has 5 rings (SSSR count). The summed E-state index contributed by atoms with van der Waals surface area (Å²) in [5.74, 6) is -0.523. The summed E-state index contributed by atoms with van der Waals surface area (Å²) in [6.07, 6.45) is 3.51. The van der Waals surface area contributed by atoms with Gasteiger partial charge in [0.2, 0.25) is 5.91 Å². The van der Waals surface area contributed by atoms with Gasteiger partial charge < -0.3 is 14.8 Å². The van der Waals surface area contributed by atoms with Crippen molar-refractivity contribution < 1.29 is 22.8 Å². The van der Waals surface area contributed by atoms with E-state index in [2.05, 4.69) is 10.3 Å². The van der Waals surface area contributed by atoms with E-state index in [0.29, 0.717) is 6.54 Å². The van der Waals surface area contributed by atoms with Crippen molar-refractivity contribution in [2.45, 2.75) is 50.7 Å². The molecule has 1 aliphatic heterocycles. The van der Waals surface area contributed by atoms with Crippen molar-refractivity contribution >= 4 is 23.3 Å². The van der Waals surface area contributed by atoms with Crippen LogP contribution in [-0.4, -0.2) is 45.0 Å². The van der Waals surface area contributed by atoms with Gasteiger partial charge in [-0.05, 0) is 62.2 Å². The molecule has 2 heterocycles. The number of hydrogen-bond donors (Lipinski definition) is 1. The van der Waals surface area contributed by atoms with E-state index in [1.165, 1.54) is 12.1 Å². The van der Waals surface area contributed by atoms with Crippen LogP contribution in [0.1, 0.15) is 43.4 Å². The van der Waals surface area contributed by atoms with Crippen molar-refractivity contribution in [2.24, 2.45) is 0 Å². The molecular formula is C27H28F3N5O2. The summed E-state index contributed by atoms with van der Waals surface area (Å²) in [6.45, 7) is 2.20. The minimum absolute atomic E-state index is 0.0476. The lowest BCUT2D eigenvalue weighted by molar-refractivity contribution is -0.137. The number of amides is 3. The molecule has 3 aromatic rings. The Bertz CT molecular complexity index is 1300. The van der Waals surface area contributed by atoms with Gasteiger partial charge in [-0.1, -0.05) is 25.3 Å². The van der Waals surface area contributed by atoms with Crippen molar-refractivity contribution in [2.75, 3.05) is 23.3 Å². The highest BCUT2D eigenvalue weighted by atomic mass is 19.4. The zero-order valence-electron chi connectivity index (χ0n) is 20.5. The van der Waals surface area contributed by atoms with Crippen LogP contribution in [0.4, 0.5) is 29.3 Å². The largest absolute Gasteiger partial charge is 0.416 e. The van der Waals surface area contributed by atoms with Crippen molar-refractivity contribution in [1.82, 2.24) is 14.5 Å². The monoisotopic (exact) mass is 511 g/mol. The van der Waals surface area contributed by atoms with Gasteiger partial charge in [0.1, 0.15) is 6.54 Å². The molecule has 7 nitrogen and oxygen atoms in total. The number of aryl methyl sites for hydroxylation is 1. The summed E-state index contributed by atoms with van der Waals surface area (Å²) < 4.78 is 41.2. The molecule has 1 spiro atoms. The molecule has 2 aromatic carbocycles. The second-order valence-corrected chi connectivity index (χ2v) is 9.79. The second-order valence-electron chi connectivity index (χ2n) is 9.79. The molecule has 0 atom stereocenters. The van der Waals surface area contributed by atoms with E-state index in [1.54, 1.807) is 22.3 Å². The van der Waals surface area contributed by atoms with Crippen LogP contribution >= 0.6 is 0 Å². The van der Waals surface area contributed by atoms with E-state index >= 15 is 0 Å². The number of carbonyl (C=O) groups excluding carboxylic acids is 2. The molecule has 0 bridgehead atoms. The fourth-order valence-electron chi connectivity index (χ4n) is 5.41. The zero-order valence-corrected chi connectivity index (χ0v) is 20.5. The standard InChI is InChI=1S/C27H28F3N5O2/c1-19-15-31-18-34(19)23-10-8-22(9-11-23)33-17-26(12-3-2-4-13-26)35(25(33)37)16-24(36)32-21-7-5-6-20(14-21)27(28,29)30/h5-11,14-15,18H,2-4,12-13,16-17H2,1H3,(H,32,36). The molecular weight excluding hydrogens is 483 g/mol. The van der Waals surface area contributed by atoms with Gasteiger partial charge in [0.25, 0.3) is 0 Å². The summed E-state index contributed by atoms with van der Waals surface area (Å²) in [4.78, 5) is 34.0. The molecule has 194 valence electrons. The topological polar surface area (TPSA) is 70.5 Å².